The Morgan fingerprint density at radius 1 is 1.15 bits per heavy atom. The van der Waals surface area contributed by atoms with E-state index >= 15 is 0 Å². The first-order valence-electron chi connectivity index (χ1n) is 9.33. The normalized spacial score (nSPS) is 17.2. The number of hydrogen-bond acceptors (Lipinski definition) is 2. The summed E-state index contributed by atoms with van der Waals surface area (Å²) >= 11 is 0. The van der Waals surface area contributed by atoms with Crippen molar-refractivity contribution in [3.63, 3.8) is 0 Å². The topological polar surface area (TPSA) is 49.0 Å². The van der Waals surface area contributed by atoms with Gasteiger partial charge in [-0.1, -0.05) is 29.8 Å². The fourth-order valence-corrected chi connectivity index (χ4v) is 3.91. The first-order valence-corrected chi connectivity index (χ1v) is 9.33. The molecule has 1 fully saturated rings. The maximum Gasteiger partial charge on any atom is 0.227 e. The summed E-state index contributed by atoms with van der Waals surface area (Å²) in [7, 11) is 0. The van der Waals surface area contributed by atoms with E-state index in [9.17, 15) is 4.79 Å². The van der Waals surface area contributed by atoms with E-state index in [0.717, 1.165) is 41.8 Å². The second-order valence-electron chi connectivity index (χ2n) is 7.49. The number of amides is 1. The SMILES string of the molecule is Cc1ccc(C)c(CC(=O)N2CCC[C@H]2c2nc3ccc(C)cc3[nH]2)c1. The van der Waals surface area contributed by atoms with E-state index in [-0.39, 0.29) is 11.9 Å². The number of fused-ring (bicyclic) bond motifs is 1. The lowest BCUT2D eigenvalue weighted by atomic mass is 10.0. The molecule has 4 nitrogen and oxygen atoms in total. The molecule has 1 N–H and O–H groups in total. The first kappa shape index (κ1) is 16.8. The van der Waals surface area contributed by atoms with Gasteiger partial charge in [-0.25, -0.2) is 4.98 Å². The summed E-state index contributed by atoms with van der Waals surface area (Å²) in [5.41, 5.74) is 6.74. The van der Waals surface area contributed by atoms with Crippen LogP contribution in [0.2, 0.25) is 0 Å². The van der Waals surface area contributed by atoms with Gasteiger partial charge in [0.2, 0.25) is 5.91 Å². The van der Waals surface area contributed by atoms with E-state index in [1.54, 1.807) is 0 Å². The maximum absolute atomic E-state index is 13.0. The van der Waals surface area contributed by atoms with E-state index in [2.05, 4.69) is 56.1 Å². The fraction of sp³-hybridized carbons (Fsp3) is 0.364. The molecule has 1 aromatic heterocycles. The van der Waals surface area contributed by atoms with Crippen LogP contribution < -0.4 is 0 Å². The van der Waals surface area contributed by atoms with Gasteiger partial charge in [-0.3, -0.25) is 4.79 Å². The van der Waals surface area contributed by atoms with Crippen molar-refractivity contribution >= 4 is 16.9 Å². The summed E-state index contributed by atoms with van der Waals surface area (Å²) < 4.78 is 0. The monoisotopic (exact) mass is 347 g/mol. The van der Waals surface area contributed by atoms with Gasteiger partial charge in [-0.2, -0.15) is 0 Å². The summed E-state index contributed by atoms with van der Waals surface area (Å²) in [6, 6.07) is 12.6. The Morgan fingerprint density at radius 3 is 2.77 bits per heavy atom. The Morgan fingerprint density at radius 2 is 1.92 bits per heavy atom. The molecule has 4 rings (SSSR count). The first-order chi connectivity index (χ1) is 12.5. The van der Waals surface area contributed by atoms with Gasteiger partial charge in [0.1, 0.15) is 5.82 Å². The highest BCUT2D eigenvalue weighted by Crippen LogP contribution is 2.32. The standard InChI is InChI=1S/C22H25N3O/c1-14-6-8-16(3)17(11-14)13-21(26)25-10-4-5-20(25)22-23-18-9-7-15(2)12-19(18)24-22/h6-9,11-12,20H,4-5,10,13H2,1-3H3,(H,23,24)/t20-/m0/s1. The van der Waals surface area contributed by atoms with Crippen LogP contribution in [0.1, 0.15) is 47.0 Å². The molecule has 4 heteroatoms. The molecule has 3 aromatic rings. The van der Waals surface area contributed by atoms with Gasteiger partial charge in [-0.15, -0.1) is 0 Å². The maximum atomic E-state index is 13.0. The predicted octanol–water partition coefficient (Wildman–Crippen LogP) is 4.39. The molecule has 2 aromatic carbocycles. The zero-order valence-corrected chi connectivity index (χ0v) is 15.7. The van der Waals surface area contributed by atoms with Crippen molar-refractivity contribution in [3.05, 3.63) is 64.5 Å². The zero-order chi connectivity index (χ0) is 18.3. The molecular weight excluding hydrogens is 322 g/mol. The van der Waals surface area contributed by atoms with E-state index in [4.69, 9.17) is 4.98 Å². The summed E-state index contributed by atoms with van der Waals surface area (Å²) in [5, 5.41) is 0. The Bertz CT molecular complexity index is 973. The van der Waals surface area contributed by atoms with Crippen LogP contribution in [-0.2, 0) is 11.2 Å². The van der Waals surface area contributed by atoms with Crippen molar-refractivity contribution in [3.8, 4) is 0 Å². The highest BCUT2D eigenvalue weighted by atomic mass is 16.2. The number of aromatic nitrogens is 2. The van der Waals surface area contributed by atoms with Crippen molar-refractivity contribution in [1.82, 2.24) is 14.9 Å². The summed E-state index contributed by atoms with van der Waals surface area (Å²) in [4.78, 5) is 23.2. The number of hydrogen-bond donors (Lipinski definition) is 1. The van der Waals surface area contributed by atoms with E-state index in [1.807, 2.05) is 11.0 Å². The molecule has 0 aliphatic carbocycles. The minimum atomic E-state index is 0.0559. The molecule has 26 heavy (non-hydrogen) atoms. The third-order valence-corrected chi connectivity index (χ3v) is 5.39. The molecule has 0 saturated carbocycles. The number of aryl methyl sites for hydroxylation is 3. The van der Waals surface area contributed by atoms with Crippen molar-refractivity contribution < 1.29 is 4.79 Å². The molecule has 0 spiro atoms. The van der Waals surface area contributed by atoms with Gasteiger partial charge in [0.15, 0.2) is 0 Å². The molecular formula is C22H25N3O. The summed E-state index contributed by atoms with van der Waals surface area (Å²) in [6.45, 7) is 7.04. The van der Waals surface area contributed by atoms with Crippen LogP contribution in [-0.4, -0.2) is 27.3 Å². The van der Waals surface area contributed by atoms with Gasteiger partial charge in [0.25, 0.3) is 0 Å². The molecule has 0 bridgehead atoms. The molecule has 1 aliphatic heterocycles. The Hall–Kier alpha value is -2.62. The third kappa shape index (κ3) is 3.12. The minimum absolute atomic E-state index is 0.0559. The highest BCUT2D eigenvalue weighted by Gasteiger charge is 2.32. The van der Waals surface area contributed by atoms with E-state index in [0.29, 0.717) is 6.42 Å². The van der Waals surface area contributed by atoms with Crippen LogP contribution in [0.25, 0.3) is 11.0 Å². The molecule has 1 atom stereocenters. The van der Waals surface area contributed by atoms with Crippen molar-refractivity contribution in [2.24, 2.45) is 0 Å². The number of carbonyl (C=O) groups excluding carboxylic acids is 1. The highest BCUT2D eigenvalue weighted by molar-refractivity contribution is 5.80. The van der Waals surface area contributed by atoms with E-state index < -0.39 is 0 Å². The number of nitrogens with one attached hydrogen (secondary N) is 1. The number of benzene rings is 2. The summed E-state index contributed by atoms with van der Waals surface area (Å²) in [5.74, 6) is 1.11. The van der Waals surface area contributed by atoms with Crippen LogP contribution in [0.3, 0.4) is 0 Å². The van der Waals surface area contributed by atoms with E-state index in [1.165, 1.54) is 16.7 Å². The number of rotatable bonds is 3. The molecule has 2 heterocycles. The number of carbonyl (C=O) groups is 1. The second-order valence-corrected chi connectivity index (χ2v) is 7.49. The lowest BCUT2D eigenvalue weighted by molar-refractivity contribution is -0.131. The van der Waals surface area contributed by atoms with Crippen LogP contribution in [0.5, 0.6) is 0 Å². The van der Waals surface area contributed by atoms with Gasteiger partial charge < -0.3 is 9.88 Å². The molecule has 1 amide bonds. The van der Waals surface area contributed by atoms with Crippen LogP contribution in [0, 0.1) is 20.8 Å². The largest absolute Gasteiger partial charge is 0.340 e. The number of likely N-dealkylation sites (tertiary alicyclic amines) is 1. The van der Waals surface area contributed by atoms with Crippen molar-refractivity contribution in [1.29, 1.82) is 0 Å². The van der Waals surface area contributed by atoms with Crippen molar-refractivity contribution in [2.75, 3.05) is 6.54 Å². The van der Waals surface area contributed by atoms with Crippen LogP contribution >= 0.6 is 0 Å². The third-order valence-electron chi connectivity index (χ3n) is 5.39. The number of imidazole rings is 1. The van der Waals surface area contributed by atoms with Crippen LogP contribution in [0.4, 0.5) is 0 Å². The lowest BCUT2D eigenvalue weighted by Gasteiger charge is -2.23. The molecule has 0 radical (unpaired) electrons. The molecule has 0 unspecified atom stereocenters. The van der Waals surface area contributed by atoms with Crippen molar-refractivity contribution in [2.45, 2.75) is 46.1 Å². The Labute approximate surface area is 154 Å². The predicted molar refractivity (Wildman–Crippen MR) is 104 cm³/mol. The van der Waals surface area contributed by atoms with Gasteiger partial charge in [-0.05, 0) is 62.4 Å². The Kier molecular flexibility index (Phi) is 4.27. The zero-order valence-electron chi connectivity index (χ0n) is 15.7. The average Bonchev–Trinajstić information content (AvgIpc) is 3.23. The molecule has 1 aliphatic rings. The van der Waals surface area contributed by atoms with Gasteiger partial charge in [0, 0.05) is 6.54 Å². The minimum Gasteiger partial charge on any atom is -0.340 e. The number of aromatic amines is 1. The number of H-pyrrole nitrogens is 1. The summed E-state index contributed by atoms with van der Waals surface area (Å²) in [6.07, 6.45) is 2.46. The van der Waals surface area contributed by atoms with Crippen LogP contribution in [0.15, 0.2) is 36.4 Å². The average molecular weight is 347 g/mol. The fourth-order valence-electron chi connectivity index (χ4n) is 3.91. The van der Waals surface area contributed by atoms with Gasteiger partial charge in [0.05, 0.1) is 23.5 Å². The lowest BCUT2D eigenvalue weighted by Crippen LogP contribution is -2.32. The second kappa shape index (κ2) is 6.60. The smallest absolute Gasteiger partial charge is 0.227 e. The number of nitrogens with zero attached hydrogens (tertiary/aromatic N) is 2. The molecule has 134 valence electrons. The Balaban J connectivity index is 1.59. The quantitative estimate of drug-likeness (QED) is 0.764. The molecule has 1 saturated heterocycles. The van der Waals surface area contributed by atoms with Gasteiger partial charge >= 0.3 is 0 Å².